The molecule has 80 valence electrons. The molecule has 0 fully saturated rings. The van der Waals surface area contributed by atoms with Crippen LogP contribution >= 0.6 is 0 Å². The average molecular weight is 203 g/mol. The second-order valence-electron chi connectivity index (χ2n) is 3.82. The summed E-state index contributed by atoms with van der Waals surface area (Å²) in [5, 5.41) is 5.49. The number of anilines is 1. The lowest BCUT2D eigenvalue weighted by atomic mass is 10.1. The lowest BCUT2D eigenvalue weighted by molar-refractivity contribution is 0.443. The Morgan fingerprint density at radius 1 is 1.27 bits per heavy atom. The van der Waals surface area contributed by atoms with Gasteiger partial charge in [-0.05, 0) is 25.0 Å². The number of para-hydroxylation sites is 1. The molecule has 1 heterocycles. The van der Waals surface area contributed by atoms with Crippen LogP contribution in [0.2, 0.25) is 0 Å². The van der Waals surface area contributed by atoms with Crippen molar-refractivity contribution in [3.63, 3.8) is 0 Å². The number of nitrogens with zero attached hydrogens (tertiary/aromatic N) is 2. The molecule has 0 saturated carbocycles. The van der Waals surface area contributed by atoms with Gasteiger partial charge in [0.1, 0.15) is 0 Å². The van der Waals surface area contributed by atoms with Crippen molar-refractivity contribution in [1.82, 2.24) is 9.78 Å². The molecule has 1 aromatic carbocycles. The van der Waals surface area contributed by atoms with Crippen LogP contribution in [-0.2, 0) is 0 Å². The molecule has 0 spiro atoms. The fourth-order valence-electron chi connectivity index (χ4n) is 2.03. The van der Waals surface area contributed by atoms with Gasteiger partial charge in [0, 0.05) is 5.39 Å². The van der Waals surface area contributed by atoms with Gasteiger partial charge in [-0.2, -0.15) is 5.10 Å². The lowest BCUT2D eigenvalue weighted by Gasteiger charge is -2.13. The third kappa shape index (κ3) is 1.58. The van der Waals surface area contributed by atoms with E-state index in [-0.39, 0.29) is 0 Å². The molecule has 0 aliphatic heterocycles. The molecule has 3 nitrogen and oxygen atoms in total. The maximum Gasteiger partial charge on any atom is 0.153 e. The molecular formula is C12H17N3. The number of nitrogen functional groups attached to an aromatic ring is 1. The predicted octanol–water partition coefficient (Wildman–Crippen LogP) is 2.98. The minimum Gasteiger partial charge on any atom is -0.382 e. The summed E-state index contributed by atoms with van der Waals surface area (Å²) in [6, 6.07) is 8.58. The van der Waals surface area contributed by atoms with Gasteiger partial charge in [-0.25, -0.2) is 0 Å². The van der Waals surface area contributed by atoms with E-state index >= 15 is 0 Å². The zero-order valence-electron chi connectivity index (χ0n) is 9.27. The molecular weight excluding hydrogens is 186 g/mol. The Kier molecular flexibility index (Phi) is 2.62. The first kappa shape index (κ1) is 10.0. The van der Waals surface area contributed by atoms with Gasteiger partial charge in [0.15, 0.2) is 5.82 Å². The van der Waals surface area contributed by atoms with Crippen molar-refractivity contribution in [3.05, 3.63) is 24.3 Å². The van der Waals surface area contributed by atoms with Crippen molar-refractivity contribution < 1.29 is 0 Å². The summed E-state index contributed by atoms with van der Waals surface area (Å²) < 4.78 is 2.06. The smallest absolute Gasteiger partial charge is 0.153 e. The number of benzene rings is 1. The number of hydrogen-bond donors (Lipinski definition) is 1. The molecule has 2 rings (SSSR count). The van der Waals surface area contributed by atoms with E-state index in [1.807, 2.05) is 18.2 Å². The Labute approximate surface area is 89.9 Å². The largest absolute Gasteiger partial charge is 0.382 e. The highest BCUT2D eigenvalue weighted by Crippen LogP contribution is 2.25. The number of rotatable bonds is 3. The highest BCUT2D eigenvalue weighted by atomic mass is 15.3. The summed E-state index contributed by atoms with van der Waals surface area (Å²) in [5.74, 6) is 0.637. The molecule has 0 saturated heterocycles. The molecule has 1 aromatic heterocycles. The van der Waals surface area contributed by atoms with Crippen LogP contribution in [0.5, 0.6) is 0 Å². The summed E-state index contributed by atoms with van der Waals surface area (Å²) >= 11 is 0. The van der Waals surface area contributed by atoms with Gasteiger partial charge in [-0.3, -0.25) is 4.68 Å². The van der Waals surface area contributed by atoms with Crippen LogP contribution in [0, 0.1) is 0 Å². The quantitative estimate of drug-likeness (QED) is 0.833. The van der Waals surface area contributed by atoms with Crippen LogP contribution in [0.1, 0.15) is 32.7 Å². The summed E-state index contributed by atoms with van der Waals surface area (Å²) in [5.41, 5.74) is 7.03. The molecule has 0 unspecified atom stereocenters. The lowest BCUT2D eigenvalue weighted by Crippen LogP contribution is -2.08. The van der Waals surface area contributed by atoms with E-state index in [2.05, 4.69) is 29.7 Å². The number of fused-ring (bicyclic) bond motifs is 1. The Morgan fingerprint density at radius 2 is 1.93 bits per heavy atom. The van der Waals surface area contributed by atoms with Gasteiger partial charge in [-0.15, -0.1) is 0 Å². The molecule has 3 heteroatoms. The molecule has 0 atom stereocenters. The molecule has 0 aliphatic rings. The second-order valence-corrected chi connectivity index (χ2v) is 3.82. The van der Waals surface area contributed by atoms with E-state index in [1.54, 1.807) is 0 Å². The van der Waals surface area contributed by atoms with Crippen LogP contribution in [0.25, 0.3) is 10.9 Å². The molecule has 2 aromatic rings. The van der Waals surface area contributed by atoms with Gasteiger partial charge in [0.2, 0.25) is 0 Å². The number of aromatic nitrogens is 2. The van der Waals surface area contributed by atoms with Gasteiger partial charge in [-0.1, -0.05) is 26.0 Å². The molecule has 0 aliphatic carbocycles. The van der Waals surface area contributed by atoms with E-state index in [1.165, 1.54) is 0 Å². The number of nitrogens with two attached hydrogens (primary N) is 1. The maximum atomic E-state index is 5.89. The Bertz CT molecular complexity index is 455. The Morgan fingerprint density at radius 3 is 2.60 bits per heavy atom. The summed E-state index contributed by atoms with van der Waals surface area (Å²) in [6.45, 7) is 4.36. The third-order valence-electron chi connectivity index (χ3n) is 2.93. The van der Waals surface area contributed by atoms with E-state index in [4.69, 9.17) is 5.73 Å². The zero-order valence-corrected chi connectivity index (χ0v) is 9.27. The van der Waals surface area contributed by atoms with Crippen molar-refractivity contribution in [2.24, 2.45) is 0 Å². The Hall–Kier alpha value is -1.51. The number of hydrogen-bond acceptors (Lipinski definition) is 2. The van der Waals surface area contributed by atoms with E-state index < -0.39 is 0 Å². The van der Waals surface area contributed by atoms with Gasteiger partial charge < -0.3 is 5.73 Å². The van der Waals surface area contributed by atoms with Crippen LogP contribution in [-0.4, -0.2) is 9.78 Å². The van der Waals surface area contributed by atoms with E-state index in [9.17, 15) is 0 Å². The third-order valence-corrected chi connectivity index (χ3v) is 2.93. The molecule has 2 N–H and O–H groups in total. The molecule has 0 amide bonds. The van der Waals surface area contributed by atoms with E-state index in [0.29, 0.717) is 11.9 Å². The van der Waals surface area contributed by atoms with Crippen LogP contribution < -0.4 is 5.73 Å². The maximum absolute atomic E-state index is 5.89. The van der Waals surface area contributed by atoms with Crippen molar-refractivity contribution >= 4 is 16.7 Å². The first-order valence-electron chi connectivity index (χ1n) is 5.50. The van der Waals surface area contributed by atoms with Gasteiger partial charge in [0.05, 0.1) is 11.6 Å². The van der Waals surface area contributed by atoms with Crippen molar-refractivity contribution in [3.8, 4) is 0 Å². The second kappa shape index (κ2) is 3.93. The highest BCUT2D eigenvalue weighted by molar-refractivity contribution is 5.89. The molecule has 0 radical (unpaired) electrons. The first-order chi connectivity index (χ1) is 7.27. The van der Waals surface area contributed by atoms with Crippen molar-refractivity contribution in [2.75, 3.05) is 5.73 Å². The molecule has 0 bridgehead atoms. The molecule has 15 heavy (non-hydrogen) atoms. The summed E-state index contributed by atoms with van der Waals surface area (Å²) in [6.07, 6.45) is 2.17. The minimum absolute atomic E-state index is 0.451. The zero-order chi connectivity index (χ0) is 10.8. The summed E-state index contributed by atoms with van der Waals surface area (Å²) in [4.78, 5) is 0. The first-order valence-corrected chi connectivity index (χ1v) is 5.50. The monoisotopic (exact) mass is 203 g/mol. The topological polar surface area (TPSA) is 43.8 Å². The highest BCUT2D eigenvalue weighted by Gasteiger charge is 2.13. The van der Waals surface area contributed by atoms with E-state index in [0.717, 1.165) is 23.7 Å². The predicted molar refractivity (Wildman–Crippen MR) is 63.8 cm³/mol. The van der Waals surface area contributed by atoms with Crippen LogP contribution in [0.4, 0.5) is 5.82 Å². The Balaban J connectivity index is 2.61. The van der Waals surface area contributed by atoms with Crippen molar-refractivity contribution in [2.45, 2.75) is 32.7 Å². The van der Waals surface area contributed by atoms with Crippen molar-refractivity contribution in [1.29, 1.82) is 0 Å². The van der Waals surface area contributed by atoms with Gasteiger partial charge >= 0.3 is 0 Å². The van der Waals surface area contributed by atoms with Gasteiger partial charge in [0.25, 0.3) is 0 Å². The normalized spacial score (nSPS) is 11.4. The minimum atomic E-state index is 0.451. The van der Waals surface area contributed by atoms with Crippen LogP contribution in [0.15, 0.2) is 24.3 Å². The summed E-state index contributed by atoms with van der Waals surface area (Å²) in [7, 11) is 0. The van der Waals surface area contributed by atoms with Crippen LogP contribution in [0.3, 0.4) is 0 Å². The average Bonchev–Trinajstić information content (AvgIpc) is 2.60. The SMILES string of the molecule is CCC(CC)n1nc(N)c2ccccc21. The fourth-order valence-corrected chi connectivity index (χ4v) is 2.03. The fraction of sp³-hybridized carbons (Fsp3) is 0.417. The standard InChI is InChI=1S/C12H17N3/c1-3-9(4-2)15-11-8-6-5-7-10(11)12(13)14-15/h5-9H,3-4H2,1-2H3,(H2,13,14).